The van der Waals surface area contributed by atoms with Gasteiger partial charge in [0.05, 0.1) is 19.2 Å². The summed E-state index contributed by atoms with van der Waals surface area (Å²) in [6.07, 6.45) is 4.45. The number of amides is 1. The third kappa shape index (κ3) is 5.09. The molecule has 0 N–H and O–H groups in total. The van der Waals surface area contributed by atoms with Crippen LogP contribution in [0.4, 0.5) is 0 Å². The maximum Gasteiger partial charge on any atom is 0.246 e. The van der Waals surface area contributed by atoms with Crippen molar-refractivity contribution >= 4 is 29.4 Å². The fraction of sp³-hybridized carbons (Fsp3) is 0.360. The minimum Gasteiger partial charge on any atom is -0.493 e. The zero-order valence-corrected chi connectivity index (χ0v) is 19.4. The third-order valence-electron chi connectivity index (χ3n) is 5.88. The number of fused-ring (bicyclic) bond motifs is 1. The lowest BCUT2D eigenvalue weighted by atomic mass is 9.88. The first-order valence-electron chi connectivity index (χ1n) is 10.8. The van der Waals surface area contributed by atoms with Crippen LogP contribution in [-0.4, -0.2) is 57.1 Å². The van der Waals surface area contributed by atoms with E-state index in [1.165, 1.54) is 20.3 Å². The molecule has 2 aliphatic rings. The van der Waals surface area contributed by atoms with Gasteiger partial charge in [0, 0.05) is 30.6 Å². The molecule has 0 aromatic heterocycles. The Morgan fingerprint density at radius 1 is 1.03 bits per heavy atom. The second-order valence-corrected chi connectivity index (χ2v) is 8.30. The van der Waals surface area contributed by atoms with E-state index >= 15 is 0 Å². The predicted molar refractivity (Wildman–Crippen MR) is 125 cm³/mol. The first kappa shape index (κ1) is 23.0. The van der Waals surface area contributed by atoms with Crippen molar-refractivity contribution in [3.8, 4) is 23.0 Å². The second kappa shape index (κ2) is 10.2. The van der Waals surface area contributed by atoms with Crippen LogP contribution in [0.3, 0.4) is 0 Å². The van der Waals surface area contributed by atoms with Gasteiger partial charge in [0.15, 0.2) is 28.8 Å². The molecule has 0 saturated carbocycles. The van der Waals surface area contributed by atoms with Gasteiger partial charge in [0.2, 0.25) is 5.91 Å². The Bertz CT molecular complexity index is 1070. The van der Waals surface area contributed by atoms with Gasteiger partial charge in [-0.25, -0.2) is 0 Å². The summed E-state index contributed by atoms with van der Waals surface area (Å²) in [5, 5.41) is 0.405. The number of hydrogen-bond donors (Lipinski definition) is 0. The van der Waals surface area contributed by atoms with Crippen LogP contribution in [0.1, 0.15) is 28.8 Å². The molecule has 174 valence electrons. The van der Waals surface area contributed by atoms with Crippen molar-refractivity contribution in [3.63, 3.8) is 0 Å². The summed E-state index contributed by atoms with van der Waals surface area (Å²) in [7, 11) is 3.05. The topological polar surface area (TPSA) is 74.3 Å². The van der Waals surface area contributed by atoms with Crippen LogP contribution in [0.25, 0.3) is 6.08 Å². The van der Waals surface area contributed by atoms with Crippen LogP contribution in [0.2, 0.25) is 5.02 Å². The van der Waals surface area contributed by atoms with Gasteiger partial charge in [0.1, 0.15) is 13.2 Å². The molecule has 0 bridgehead atoms. The predicted octanol–water partition coefficient (Wildman–Crippen LogP) is 4.26. The van der Waals surface area contributed by atoms with E-state index in [-0.39, 0.29) is 17.6 Å². The number of benzene rings is 2. The molecular weight excluding hydrogens is 446 g/mol. The van der Waals surface area contributed by atoms with Crippen LogP contribution in [0, 0.1) is 5.92 Å². The Morgan fingerprint density at radius 2 is 1.76 bits per heavy atom. The van der Waals surface area contributed by atoms with Gasteiger partial charge >= 0.3 is 0 Å². The average molecular weight is 472 g/mol. The maximum atomic E-state index is 13.0. The molecule has 0 atom stereocenters. The van der Waals surface area contributed by atoms with Crippen molar-refractivity contribution in [2.75, 3.05) is 40.5 Å². The Hall–Kier alpha value is -3.19. The molecule has 0 spiro atoms. The number of hydrogen-bond acceptors (Lipinski definition) is 6. The lowest BCUT2D eigenvalue weighted by Gasteiger charge is -2.30. The van der Waals surface area contributed by atoms with Crippen LogP contribution >= 0.6 is 11.6 Å². The molecule has 33 heavy (non-hydrogen) atoms. The van der Waals surface area contributed by atoms with Crippen LogP contribution < -0.4 is 18.9 Å². The van der Waals surface area contributed by atoms with Crippen molar-refractivity contribution in [1.29, 1.82) is 0 Å². The summed E-state index contributed by atoms with van der Waals surface area (Å²) in [5.74, 6) is 2.08. The molecule has 7 nitrogen and oxygen atoms in total. The van der Waals surface area contributed by atoms with E-state index < -0.39 is 0 Å². The highest BCUT2D eigenvalue weighted by Crippen LogP contribution is 2.36. The van der Waals surface area contributed by atoms with Crippen molar-refractivity contribution in [1.82, 2.24) is 4.90 Å². The number of piperidine rings is 1. The summed E-state index contributed by atoms with van der Waals surface area (Å²) >= 11 is 6.23. The summed E-state index contributed by atoms with van der Waals surface area (Å²) in [6.45, 7) is 2.04. The van der Waals surface area contributed by atoms with Gasteiger partial charge in [-0.15, -0.1) is 0 Å². The van der Waals surface area contributed by atoms with Crippen molar-refractivity contribution < 1.29 is 28.5 Å². The number of likely N-dealkylation sites (tertiary alicyclic amines) is 1. The Balaban J connectivity index is 1.35. The molecule has 4 rings (SSSR count). The zero-order valence-electron chi connectivity index (χ0n) is 18.6. The lowest BCUT2D eigenvalue weighted by molar-refractivity contribution is -0.127. The molecule has 2 aromatic rings. The standard InChI is InChI=1S/C25H26ClNO6/c1-30-22-14-16(13-19(26)25(22)31-2)3-6-23(28)27-9-7-17(8-10-27)24(29)18-4-5-20-21(15-18)33-12-11-32-20/h3-6,13-15,17H,7-12H2,1-2H3/b6-3+. The van der Waals surface area contributed by atoms with E-state index in [4.69, 9.17) is 30.5 Å². The summed E-state index contributed by atoms with van der Waals surface area (Å²) in [5.41, 5.74) is 1.35. The van der Waals surface area contributed by atoms with Crippen molar-refractivity contribution in [3.05, 3.63) is 52.6 Å². The minimum absolute atomic E-state index is 0.0783. The number of carbonyl (C=O) groups is 2. The van der Waals surface area contributed by atoms with Crippen LogP contribution in [0.15, 0.2) is 36.4 Å². The Labute approximate surface area is 197 Å². The molecule has 0 aliphatic carbocycles. The first-order chi connectivity index (χ1) is 16.0. The van der Waals surface area contributed by atoms with E-state index in [1.54, 1.807) is 41.3 Å². The molecule has 8 heteroatoms. The SMILES string of the molecule is COc1cc(/C=C/C(=O)N2CCC(C(=O)c3ccc4c(c3)OCCO4)CC2)cc(Cl)c1OC. The highest BCUT2D eigenvalue weighted by atomic mass is 35.5. The molecule has 0 unspecified atom stereocenters. The molecule has 2 aromatic carbocycles. The van der Waals surface area contributed by atoms with Crippen LogP contribution in [0.5, 0.6) is 23.0 Å². The second-order valence-electron chi connectivity index (χ2n) is 7.89. The largest absolute Gasteiger partial charge is 0.493 e. The van der Waals surface area contributed by atoms with E-state index in [0.29, 0.717) is 72.7 Å². The number of rotatable bonds is 6. The van der Waals surface area contributed by atoms with Crippen molar-refractivity contribution in [2.45, 2.75) is 12.8 Å². The normalized spacial score (nSPS) is 16.0. The summed E-state index contributed by atoms with van der Waals surface area (Å²) < 4.78 is 21.6. The average Bonchev–Trinajstić information content (AvgIpc) is 2.86. The number of carbonyl (C=O) groups excluding carboxylic acids is 2. The molecule has 1 fully saturated rings. The highest BCUT2D eigenvalue weighted by Gasteiger charge is 2.28. The minimum atomic E-state index is -0.120. The molecular formula is C25H26ClNO6. The zero-order chi connectivity index (χ0) is 23.4. The number of Topliss-reactive ketones (excluding diaryl/α,β-unsaturated/α-hetero) is 1. The Kier molecular flexibility index (Phi) is 7.08. The van der Waals surface area contributed by atoms with Crippen LogP contribution in [-0.2, 0) is 4.79 Å². The quantitative estimate of drug-likeness (QED) is 0.463. The monoisotopic (exact) mass is 471 g/mol. The Morgan fingerprint density at radius 3 is 2.45 bits per heavy atom. The van der Waals surface area contributed by atoms with Gasteiger partial charge in [-0.1, -0.05) is 11.6 Å². The maximum absolute atomic E-state index is 13.0. The fourth-order valence-corrected chi connectivity index (χ4v) is 4.40. The van der Waals surface area contributed by atoms with E-state index in [1.807, 2.05) is 0 Å². The number of ether oxygens (including phenoxy) is 4. The smallest absolute Gasteiger partial charge is 0.246 e. The molecule has 1 saturated heterocycles. The lowest BCUT2D eigenvalue weighted by Crippen LogP contribution is -2.39. The molecule has 1 amide bonds. The molecule has 2 aliphatic heterocycles. The number of nitrogens with zero attached hydrogens (tertiary/aromatic N) is 1. The van der Waals surface area contributed by atoms with E-state index in [0.717, 1.165) is 5.56 Å². The third-order valence-corrected chi connectivity index (χ3v) is 6.16. The van der Waals surface area contributed by atoms with Gasteiger partial charge in [0.25, 0.3) is 0 Å². The highest BCUT2D eigenvalue weighted by molar-refractivity contribution is 6.32. The number of methoxy groups -OCH3 is 2. The summed E-state index contributed by atoms with van der Waals surface area (Å²) in [4.78, 5) is 27.4. The van der Waals surface area contributed by atoms with E-state index in [9.17, 15) is 9.59 Å². The molecule has 0 radical (unpaired) electrons. The van der Waals surface area contributed by atoms with Gasteiger partial charge < -0.3 is 23.8 Å². The number of halogens is 1. The van der Waals surface area contributed by atoms with Gasteiger partial charge in [-0.3, -0.25) is 9.59 Å². The number of ketones is 1. The molecule has 2 heterocycles. The fourth-order valence-electron chi connectivity index (χ4n) is 4.10. The first-order valence-corrected chi connectivity index (χ1v) is 11.2. The van der Waals surface area contributed by atoms with E-state index in [2.05, 4.69) is 0 Å². The van der Waals surface area contributed by atoms with Crippen molar-refractivity contribution in [2.24, 2.45) is 5.92 Å². The summed E-state index contributed by atoms with van der Waals surface area (Å²) in [6, 6.07) is 8.79. The van der Waals surface area contributed by atoms with Gasteiger partial charge in [-0.05, 0) is 54.8 Å². The van der Waals surface area contributed by atoms with Gasteiger partial charge in [-0.2, -0.15) is 0 Å².